The van der Waals surface area contributed by atoms with Crippen LogP contribution in [-0.4, -0.2) is 44.4 Å². The van der Waals surface area contributed by atoms with Crippen molar-refractivity contribution < 1.29 is 9.47 Å². The Hall–Kier alpha value is -1.02. The van der Waals surface area contributed by atoms with Gasteiger partial charge in [0.1, 0.15) is 12.4 Å². The number of guanidine groups is 1. The number of benzene rings is 1. The van der Waals surface area contributed by atoms with Crippen LogP contribution in [0, 0.1) is 0 Å². The predicted molar refractivity (Wildman–Crippen MR) is 117 cm³/mol. The van der Waals surface area contributed by atoms with Gasteiger partial charge in [0.15, 0.2) is 5.96 Å². The van der Waals surface area contributed by atoms with E-state index in [0.717, 1.165) is 24.6 Å². The smallest absolute Gasteiger partial charge is 0.191 e. The first-order chi connectivity index (χ1) is 12.0. The van der Waals surface area contributed by atoms with E-state index in [2.05, 4.69) is 54.6 Å². The summed E-state index contributed by atoms with van der Waals surface area (Å²) in [4.78, 5) is 4.31. The van der Waals surface area contributed by atoms with Crippen LogP contribution in [0.4, 0.5) is 0 Å². The van der Waals surface area contributed by atoms with E-state index < -0.39 is 0 Å². The molecular weight excluding hydrogens is 441 g/mol. The second-order valence-corrected chi connectivity index (χ2v) is 7.99. The van der Waals surface area contributed by atoms with Gasteiger partial charge in [0.25, 0.3) is 0 Å². The third kappa shape index (κ3) is 5.49. The second kappa shape index (κ2) is 9.26. The van der Waals surface area contributed by atoms with Crippen LogP contribution >= 0.6 is 24.0 Å². The van der Waals surface area contributed by atoms with Crippen molar-refractivity contribution in [3.8, 4) is 5.75 Å². The van der Waals surface area contributed by atoms with E-state index in [1.165, 1.54) is 12.0 Å². The Balaban J connectivity index is 0.00000243. The maximum atomic E-state index is 5.89. The Morgan fingerprint density at radius 2 is 2.12 bits per heavy atom. The fourth-order valence-corrected chi connectivity index (χ4v) is 3.55. The van der Waals surface area contributed by atoms with Gasteiger partial charge in [-0.2, -0.15) is 0 Å². The summed E-state index contributed by atoms with van der Waals surface area (Å²) >= 11 is 0. The van der Waals surface area contributed by atoms with Crippen molar-refractivity contribution in [1.29, 1.82) is 0 Å². The number of hydrogen-bond donors (Lipinski definition) is 2. The first-order valence-electron chi connectivity index (χ1n) is 9.31. The Morgan fingerprint density at radius 1 is 1.31 bits per heavy atom. The average molecular weight is 473 g/mol. The second-order valence-electron chi connectivity index (χ2n) is 7.99. The third-order valence-corrected chi connectivity index (χ3v) is 5.02. The van der Waals surface area contributed by atoms with Gasteiger partial charge in [-0.25, -0.2) is 0 Å². The highest BCUT2D eigenvalue weighted by molar-refractivity contribution is 14.0. The molecule has 0 amide bonds. The summed E-state index contributed by atoms with van der Waals surface area (Å²) in [6.07, 6.45) is 4.24. The zero-order valence-corrected chi connectivity index (χ0v) is 18.6. The minimum Gasteiger partial charge on any atom is -0.492 e. The van der Waals surface area contributed by atoms with Gasteiger partial charge in [0, 0.05) is 7.05 Å². The molecule has 0 radical (unpaired) electrons. The number of hydrogen-bond acceptors (Lipinski definition) is 3. The highest BCUT2D eigenvalue weighted by atomic mass is 127. The quantitative estimate of drug-likeness (QED) is 0.298. The van der Waals surface area contributed by atoms with Gasteiger partial charge in [-0.15, -0.1) is 24.0 Å². The maximum Gasteiger partial charge on any atom is 0.191 e. The number of aliphatic imine (C=N–C) groups is 1. The summed E-state index contributed by atoms with van der Waals surface area (Å²) in [5.41, 5.74) is 1.42. The molecule has 2 bridgehead atoms. The maximum absolute atomic E-state index is 5.89. The van der Waals surface area contributed by atoms with Crippen LogP contribution in [-0.2, 0) is 10.2 Å². The van der Waals surface area contributed by atoms with E-state index in [4.69, 9.17) is 9.47 Å². The molecule has 146 valence electrons. The van der Waals surface area contributed by atoms with Crippen molar-refractivity contribution >= 4 is 29.9 Å². The fourth-order valence-electron chi connectivity index (χ4n) is 3.55. The molecular formula is C20H32IN3O2. The SMILES string of the molecule is CN=C(NCCOc1cccc(C(C)(C)C)c1)NC1CC2CCC1O2.I. The van der Waals surface area contributed by atoms with Gasteiger partial charge in [0.05, 0.1) is 24.8 Å². The fraction of sp³-hybridized carbons (Fsp3) is 0.650. The van der Waals surface area contributed by atoms with E-state index >= 15 is 0 Å². The van der Waals surface area contributed by atoms with Gasteiger partial charge in [-0.05, 0) is 42.4 Å². The van der Waals surface area contributed by atoms with Crippen molar-refractivity contribution in [2.24, 2.45) is 4.99 Å². The van der Waals surface area contributed by atoms with Crippen LogP contribution in [0.1, 0.15) is 45.6 Å². The van der Waals surface area contributed by atoms with Gasteiger partial charge in [0.2, 0.25) is 0 Å². The van der Waals surface area contributed by atoms with Crippen molar-refractivity contribution in [2.75, 3.05) is 20.2 Å². The standard InChI is InChI=1S/C20H31N3O2.HI/c1-20(2,3)14-6-5-7-15(12-14)24-11-10-22-19(21-4)23-17-13-16-8-9-18(17)25-16;/h5-7,12,16-18H,8-11,13H2,1-4H3,(H2,21,22,23);1H. The monoisotopic (exact) mass is 473 g/mol. The lowest BCUT2D eigenvalue weighted by Gasteiger charge is -2.22. The molecule has 3 unspecified atom stereocenters. The first kappa shape index (κ1) is 21.3. The molecule has 1 aromatic rings. The number of halogens is 1. The number of ether oxygens (including phenoxy) is 2. The van der Waals surface area contributed by atoms with Crippen LogP contribution < -0.4 is 15.4 Å². The van der Waals surface area contributed by atoms with E-state index in [1.54, 1.807) is 7.05 Å². The summed E-state index contributed by atoms with van der Waals surface area (Å²) < 4.78 is 11.8. The van der Waals surface area contributed by atoms with Crippen LogP contribution in [0.2, 0.25) is 0 Å². The Labute approximate surface area is 174 Å². The molecule has 2 aliphatic heterocycles. The molecule has 0 aromatic heterocycles. The first-order valence-corrected chi connectivity index (χ1v) is 9.31. The molecule has 5 nitrogen and oxygen atoms in total. The summed E-state index contributed by atoms with van der Waals surface area (Å²) in [5.74, 6) is 1.74. The van der Waals surface area contributed by atoms with Gasteiger partial charge < -0.3 is 20.1 Å². The predicted octanol–water partition coefficient (Wildman–Crippen LogP) is 3.47. The Morgan fingerprint density at radius 3 is 2.73 bits per heavy atom. The van der Waals surface area contributed by atoms with Gasteiger partial charge in [-0.1, -0.05) is 32.9 Å². The molecule has 0 aliphatic carbocycles. The Bertz CT molecular complexity index is 615. The van der Waals surface area contributed by atoms with Crippen LogP contribution in [0.15, 0.2) is 29.3 Å². The molecule has 0 spiro atoms. The van der Waals surface area contributed by atoms with E-state index in [1.807, 2.05) is 6.07 Å². The number of nitrogens with one attached hydrogen (secondary N) is 2. The Kier molecular flexibility index (Phi) is 7.58. The summed E-state index contributed by atoms with van der Waals surface area (Å²) in [6.45, 7) is 7.94. The lowest BCUT2D eigenvalue weighted by atomic mass is 9.87. The highest BCUT2D eigenvalue weighted by Crippen LogP contribution is 2.34. The molecule has 26 heavy (non-hydrogen) atoms. The van der Waals surface area contributed by atoms with Gasteiger partial charge >= 0.3 is 0 Å². The zero-order valence-electron chi connectivity index (χ0n) is 16.2. The summed E-state index contributed by atoms with van der Waals surface area (Å²) in [5, 5.41) is 6.81. The molecule has 2 N–H and O–H groups in total. The van der Waals surface area contributed by atoms with E-state index in [-0.39, 0.29) is 29.4 Å². The molecule has 1 aromatic carbocycles. The molecule has 3 rings (SSSR count). The summed E-state index contributed by atoms with van der Waals surface area (Å²) in [7, 11) is 1.80. The minimum absolute atomic E-state index is 0. The summed E-state index contributed by atoms with van der Waals surface area (Å²) in [6, 6.07) is 8.72. The molecule has 2 fully saturated rings. The molecule has 6 heteroatoms. The molecule has 3 atom stereocenters. The normalized spacial score (nSPS) is 24.9. The van der Waals surface area contributed by atoms with E-state index in [9.17, 15) is 0 Å². The molecule has 2 aliphatic rings. The largest absolute Gasteiger partial charge is 0.492 e. The highest BCUT2D eigenvalue weighted by Gasteiger charge is 2.41. The van der Waals surface area contributed by atoms with Crippen molar-refractivity contribution in [1.82, 2.24) is 10.6 Å². The van der Waals surface area contributed by atoms with Crippen LogP contribution in [0.3, 0.4) is 0 Å². The van der Waals surface area contributed by atoms with Gasteiger partial charge in [-0.3, -0.25) is 4.99 Å². The molecule has 2 heterocycles. The van der Waals surface area contributed by atoms with Crippen molar-refractivity contribution in [3.05, 3.63) is 29.8 Å². The average Bonchev–Trinajstić information content (AvgIpc) is 3.20. The molecule has 0 saturated carbocycles. The van der Waals surface area contributed by atoms with E-state index in [0.29, 0.717) is 31.4 Å². The number of nitrogens with zero attached hydrogens (tertiary/aromatic N) is 1. The molecule has 2 saturated heterocycles. The lowest BCUT2D eigenvalue weighted by Crippen LogP contribution is -2.48. The minimum atomic E-state index is 0. The third-order valence-electron chi connectivity index (χ3n) is 5.02. The van der Waals surface area contributed by atoms with Crippen molar-refractivity contribution in [2.45, 2.75) is 63.7 Å². The van der Waals surface area contributed by atoms with Crippen molar-refractivity contribution in [3.63, 3.8) is 0 Å². The van der Waals surface area contributed by atoms with Crippen LogP contribution in [0.25, 0.3) is 0 Å². The zero-order chi connectivity index (χ0) is 17.9. The number of rotatable bonds is 5. The van der Waals surface area contributed by atoms with Crippen LogP contribution in [0.5, 0.6) is 5.75 Å². The lowest BCUT2D eigenvalue weighted by molar-refractivity contribution is 0.0992. The number of fused-ring (bicyclic) bond motifs is 2. The topological polar surface area (TPSA) is 54.9 Å².